The molecule has 0 aliphatic heterocycles. The molecule has 0 aromatic heterocycles. The van der Waals surface area contributed by atoms with Crippen LogP contribution < -0.4 is 9.80 Å². The van der Waals surface area contributed by atoms with Crippen molar-refractivity contribution in [3.05, 3.63) is 149 Å². The average Bonchev–Trinajstić information content (AvgIpc) is 3.32. The standard InChI is InChI=1S/C59H82N2O3S/c1-5-9-13-15-17-19-21-23-27-49-31-39-53(40-32-49)60(47-11-7-3)55-43-35-51(36-44-55)59(57-29-25-26-30-58(57)65(62,63)64)52-37-45-56(46-38-52)61(48-12-8-4)54-41-33-50(34-42-54)28-24-22-20-18-16-14-10-6-2/h25-26,29-46,59H,5-24,27-28,47-48H2,1-4H3,(H,62,63,64). The highest BCUT2D eigenvalue weighted by Crippen LogP contribution is 2.39. The molecule has 0 amide bonds. The van der Waals surface area contributed by atoms with E-state index in [1.54, 1.807) is 6.07 Å². The highest BCUT2D eigenvalue weighted by molar-refractivity contribution is 7.85. The minimum atomic E-state index is -4.48. The second-order valence-electron chi connectivity index (χ2n) is 18.4. The highest BCUT2D eigenvalue weighted by atomic mass is 32.2. The van der Waals surface area contributed by atoms with Gasteiger partial charge in [-0.1, -0.05) is 197 Å². The normalized spacial score (nSPS) is 11.7. The zero-order valence-electron chi connectivity index (χ0n) is 40.7. The Balaban J connectivity index is 1.35. The maximum atomic E-state index is 12.9. The molecule has 352 valence electrons. The molecule has 6 heteroatoms. The molecular formula is C59H82N2O3S. The van der Waals surface area contributed by atoms with Crippen molar-refractivity contribution < 1.29 is 13.0 Å². The van der Waals surface area contributed by atoms with Gasteiger partial charge < -0.3 is 9.80 Å². The van der Waals surface area contributed by atoms with E-state index in [9.17, 15) is 13.0 Å². The summed E-state index contributed by atoms with van der Waals surface area (Å²) in [6, 6.07) is 42.4. The highest BCUT2D eigenvalue weighted by Gasteiger charge is 2.25. The molecule has 0 saturated heterocycles. The van der Waals surface area contributed by atoms with Gasteiger partial charge in [0, 0.05) is 41.8 Å². The molecule has 0 aliphatic rings. The summed E-state index contributed by atoms with van der Waals surface area (Å²) in [4.78, 5) is 4.74. The Kier molecular flexibility index (Phi) is 22.7. The van der Waals surface area contributed by atoms with Crippen molar-refractivity contribution in [2.24, 2.45) is 0 Å². The molecule has 1 N–H and O–H groups in total. The molecule has 0 atom stereocenters. The second-order valence-corrected chi connectivity index (χ2v) is 19.8. The summed E-state index contributed by atoms with van der Waals surface area (Å²) in [5, 5.41) is 0. The Morgan fingerprint density at radius 3 is 1.08 bits per heavy atom. The van der Waals surface area contributed by atoms with Gasteiger partial charge in [-0.15, -0.1) is 0 Å². The van der Waals surface area contributed by atoms with Gasteiger partial charge >= 0.3 is 0 Å². The van der Waals surface area contributed by atoms with Crippen LogP contribution in [0, 0.1) is 0 Å². The summed E-state index contributed by atoms with van der Waals surface area (Å²) in [6.07, 6.45) is 27.8. The number of rotatable bonds is 32. The Bertz CT molecular complexity index is 2030. The van der Waals surface area contributed by atoms with E-state index in [0.29, 0.717) is 5.56 Å². The third-order valence-electron chi connectivity index (χ3n) is 13.2. The van der Waals surface area contributed by atoms with E-state index in [4.69, 9.17) is 0 Å². The lowest BCUT2D eigenvalue weighted by Gasteiger charge is -2.28. The van der Waals surface area contributed by atoms with E-state index in [-0.39, 0.29) is 4.90 Å². The molecule has 0 heterocycles. The number of hydrogen-bond donors (Lipinski definition) is 1. The molecule has 0 spiro atoms. The fraction of sp³-hybridized carbons (Fsp3) is 0.492. The summed E-state index contributed by atoms with van der Waals surface area (Å²) in [7, 11) is -4.48. The topological polar surface area (TPSA) is 60.9 Å². The lowest BCUT2D eigenvalue weighted by molar-refractivity contribution is 0.482. The zero-order chi connectivity index (χ0) is 46.1. The molecule has 5 rings (SSSR count). The Labute approximate surface area is 395 Å². The SMILES string of the molecule is CCCCCCCCCCc1ccc(N(CCCC)c2ccc(C(c3ccc(N(CCCC)c4ccc(CCCCCCCCCC)cc4)cc3)c3ccccc3S(=O)(=O)O)cc2)cc1. The van der Waals surface area contributed by atoms with Crippen LogP contribution in [0.1, 0.15) is 190 Å². The van der Waals surface area contributed by atoms with E-state index >= 15 is 0 Å². The molecule has 0 radical (unpaired) electrons. The van der Waals surface area contributed by atoms with Crippen LogP contribution in [-0.4, -0.2) is 26.1 Å². The summed E-state index contributed by atoms with van der Waals surface area (Å²) >= 11 is 0. The molecule has 5 aromatic rings. The summed E-state index contributed by atoms with van der Waals surface area (Å²) < 4.78 is 36.2. The average molecular weight is 899 g/mol. The van der Waals surface area contributed by atoms with Crippen molar-refractivity contribution in [1.29, 1.82) is 0 Å². The van der Waals surface area contributed by atoms with Crippen molar-refractivity contribution in [3.8, 4) is 0 Å². The maximum absolute atomic E-state index is 12.9. The van der Waals surface area contributed by atoms with E-state index in [1.165, 1.54) is 131 Å². The molecule has 0 saturated carbocycles. The van der Waals surface area contributed by atoms with Crippen LogP contribution in [0.4, 0.5) is 22.7 Å². The third-order valence-corrected chi connectivity index (χ3v) is 14.1. The smallest absolute Gasteiger partial charge is 0.294 e. The lowest BCUT2D eigenvalue weighted by Crippen LogP contribution is -2.19. The van der Waals surface area contributed by atoms with Crippen molar-refractivity contribution in [1.82, 2.24) is 0 Å². The fourth-order valence-electron chi connectivity index (χ4n) is 9.26. The van der Waals surface area contributed by atoms with E-state index in [1.807, 2.05) is 12.1 Å². The van der Waals surface area contributed by atoms with Gasteiger partial charge in [0.25, 0.3) is 10.1 Å². The number of nitrogens with zero attached hydrogens (tertiary/aromatic N) is 2. The number of benzene rings is 5. The van der Waals surface area contributed by atoms with Gasteiger partial charge in [0.15, 0.2) is 0 Å². The Hall–Kier alpha value is -4.39. The van der Waals surface area contributed by atoms with Crippen molar-refractivity contribution in [2.75, 3.05) is 22.9 Å². The van der Waals surface area contributed by atoms with Crippen LogP contribution in [0.2, 0.25) is 0 Å². The molecule has 5 aromatic carbocycles. The first kappa shape index (κ1) is 51.6. The predicted molar refractivity (Wildman–Crippen MR) is 279 cm³/mol. The van der Waals surface area contributed by atoms with Crippen LogP contribution in [0.25, 0.3) is 0 Å². The van der Waals surface area contributed by atoms with E-state index in [2.05, 4.69) is 135 Å². The first-order valence-electron chi connectivity index (χ1n) is 25.8. The van der Waals surface area contributed by atoms with Crippen LogP contribution in [0.3, 0.4) is 0 Å². The first-order valence-corrected chi connectivity index (χ1v) is 27.2. The quantitative estimate of drug-likeness (QED) is 0.0265. The number of aryl methyl sites for hydroxylation is 2. The second kappa shape index (κ2) is 28.6. The zero-order valence-corrected chi connectivity index (χ0v) is 41.5. The van der Waals surface area contributed by atoms with Crippen molar-refractivity contribution in [3.63, 3.8) is 0 Å². The fourth-order valence-corrected chi connectivity index (χ4v) is 9.99. The third kappa shape index (κ3) is 16.8. The predicted octanol–water partition coefficient (Wildman–Crippen LogP) is 17.4. The van der Waals surface area contributed by atoms with Crippen LogP contribution in [-0.2, 0) is 23.0 Å². The number of hydrogen-bond acceptors (Lipinski definition) is 4. The van der Waals surface area contributed by atoms with Gasteiger partial charge in [-0.05, 0) is 121 Å². The van der Waals surface area contributed by atoms with Gasteiger partial charge in [-0.3, -0.25) is 4.55 Å². The largest absolute Gasteiger partial charge is 0.341 e. The minimum absolute atomic E-state index is 0.0635. The molecule has 0 fully saturated rings. The van der Waals surface area contributed by atoms with Gasteiger partial charge in [-0.25, -0.2) is 0 Å². The van der Waals surface area contributed by atoms with Gasteiger partial charge in [0.05, 0.1) is 4.90 Å². The van der Waals surface area contributed by atoms with E-state index < -0.39 is 16.0 Å². The van der Waals surface area contributed by atoms with Crippen LogP contribution >= 0.6 is 0 Å². The minimum Gasteiger partial charge on any atom is -0.341 e. The van der Waals surface area contributed by atoms with Gasteiger partial charge in [-0.2, -0.15) is 8.42 Å². The number of anilines is 4. The summed E-state index contributed by atoms with van der Waals surface area (Å²) in [5.41, 5.74) is 9.84. The van der Waals surface area contributed by atoms with Crippen molar-refractivity contribution in [2.45, 2.75) is 180 Å². The molecule has 5 nitrogen and oxygen atoms in total. The molecule has 0 aliphatic carbocycles. The maximum Gasteiger partial charge on any atom is 0.294 e. The summed E-state index contributed by atoms with van der Waals surface area (Å²) in [6.45, 7) is 10.8. The molecule has 0 bridgehead atoms. The lowest BCUT2D eigenvalue weighted by atomic mass is 9.85. The van der Waals surface area contributed by atoms with Crippen LogP contribution in [0.5, 0.6) is 0 Å². The molecular weight excluding hydrogens is 817 g/mol. The first-order chi connectivity index (χ1) is 31.8. The molecule has 0 unspecified atom stereocenters. The van der Waals surface area contributed by atoms with E-state index in [0.717, 1.165) is 74.1 Å². The molecule has 65 heavy (non-hydrogen) atoms. The van der Waals surface area contributed by atoms with Crippen LogP contribution in [0.15, 0.2) is 126 Å². The Morgan fingerprint density at radius 2 is 0.723 bits per heavy atom. The van der Waals surface area contributed by atoms with Crippen molar-refractivity contribution >= 4 is 32.9 Å². The van der Waals surface area contributed by atoms with Gasteiger partial charge in [0.2, 0.25) is 0 Å². The van der Waals surface area contributed by atoms with Gasteiger partial charge in [0.1, 0.15) is 0 Å². The number of unbranched alkanes of at least 4 members (excludes halogenated alkanes) is 16. The summed E-state index contributed by atoms with van der Waals surface area (Å²) in [5.74, 6) is -0.421. The Morgan fingerprint density at radius 1 is 0.400 bits per heavy atom. The monoisotopic (exact) mass is 899 g/mol.